The summed E-state index contributed by atoms with van der Waals surface area (Å²) < 4.78 is 17.7. The van der Waals surface area contributed by atoms with E-state index in [9.17, 15) is 9.59 Å². The average molecular weight is 735 g/mol. The van der Waals surface area contributed by atoms with Gasteiger partial charge in [-0.05, 0) is 90.0 Å². The smallest absolute Gasteiger partial charge is 0.343 e. The van der Waals surface area contributed by atoms with Crippen LogP contribution in [0.15, 0.2) is 84.9 Å². The fourth-order valence-electron chi connectivity index (χ4n) is 6.94. The number of carbonyl (C=O) groups is 2. The van der Waals surface area contributed by atoms with E-state index < -0.39 is 5.97 Å². The Hall–Kier alpha value is -4.12. The second-order valence-corrected chi connectivity index (χ2v) is 15.1. The molecule has 0 amide bonds. The van der Waals surface area contributed by atoms with Crippen LogP contribution in [-0.2, 0) is 9.53 Å². The van der Waals surface area contributed by atoms with Gasteiger partial charge < -0.3 is 14.2 Å². The molecule has 0 fully saturated rings. The second-order valence-electron chi connectivity index (χ2n) is 15.1. The van der Waals surface area contributed by atoms with E-state index in [1.165, 1.54) is 70.6 Å². The molecule has 5 heteroatoms. The number of hydrogen-bond acceptors (Lipinski definition) is 5. The third-order valence-electron chi connectivity index (χ3n) is 10.5. The maximum Gasteiger partial charge on any atom is 0.343 e. The van der Waals surface area contributed by atoms with Crippen LogP contribution in [-0.4, -0.2) is 24.6 Å². The quantitative estimate of drug-likeness (QED) is 0.0365. The van der Waals surface area contributed by atoms with Gasteiger partial charge in [0.05, 0.1) is 18.1 Å². The Labute approximate surface area is 326 Å². The topological polar surface area (TPSA) is 61.8 Å². The van der Waals surface area contributed by atoms with Gasteiger partial charge in [0.1, 0.15) is 17.6 Å². The Kier molecular flexibility index (Phi) is 19.2. The minimum Gasteiger partial charge on any atom is -0.494 e. The van der Waals surface area contributed by atoms with Crippen LogP contribution in [0, 0.1) is 0 Å². The number of rotatable bonds is 26. The van der Waals surface area contributed by atoms with E-state index in [4.69, 9.17) is 14.2 Å². The summed E-state index contributed by atoms with van der Waals surface area (Å²) in [6.45, 7) is 9.26. The van der Waals surface area contributed by atoms with Crippen molar-refractivity contribution in [1.82, 2.24) is 0 Å². The molecule has 0 bridgehead atoms. The van der Waals surface area contributed by atoms with Gasteiger partial charge in [-0.3, -0.25) is 4.79 Å². The molecule has 0 aromatic heterocycles. The predicted molar refractivity (Wildman–Crippen MR) is 225 cm³/mol. The van der Waals surface area contributed by atoms with Gasteiger partial charge >= 0.3 is 11.9 Å². The SMILES string of the molecule is CCCCCCCCCCCCCCOc1ccc(-c2ccc(C(=O)Oc3ccc4cc([C@H](C)C(=O)OC(CCCC)CCCC)ccc4c3)cc2)cc1. The van der Waals surface area contributed by atoms with Crippen LogP contribution in [0.4, 0.5) is 0 Å². The van der Waals surface area contributed by atoms with Gasteiger partial charge in [0.2, 0.25) is 0 Å². The molecule has 292 valence electrons. The van der Waals surface area contributed by atoms with Crippen molar-refractivity contribution in [2.45, 2.75) is 155 Å². The molecule has 4 aromatic rings. The lowest BCUT2D eigenvalue weighted by atomic mass is 9.97. The highest BCUT2D eigenvalue weighted by Crippen LogP contribution is 2.28. The van der Waals surface area contributed by atoms with Crippen molar-refractivity contribution in [2.24, 2.45) is 0 Å². The number of unbranched alkanes of at least 4 members (excludes halogenated alkanes) is 13. The zero-order valence-electron chi connectivity index (χ0n) is 33.7. The summed E-state index contributed by atoms with van der Waals surface area (Å²) >= 11 is 0. The van der Waals surface area contributed by atoms with Crippen molar-refractivity contribution < 1.29 is 23.8 Å². The fraction of sp³-hybridized carbons (Fsp3) is 0.510. The molecule has 0 saturated heterocycles. The summed E-state index contributed by atoms with van der Waals surface area (Å²) in [6, 6.07) is 27.2. The molecule has 1 atom stereocenters. The van der Waals surface area contributed by atoms with E-state index in [0.717, 1.165) is 84.8 Å². The molecule has 0 aliphatic carbocycles. The molecule has 0 spiro atoms. The molecule has 54 heavy (non-hydrogen) atoms. The van der Waals surface area contributed by atoms with Gasteiger partial charge in [0.15, 0.2) is 0 Å². The highest BCUT2D eigenvalue weighted by molar-refractivity contribution is 5.93. The molecule has 0 radical (unpaired) electrons. The fourth-order valence-corrected chi connectivity index (χ4v) is 6.94. The number of carbonyl (C=O) groups excluding carboxylic acids is 2. The maximum absolute atomic E-state index is 13.1. The van der Waals surface area contributed by atoms with Gasteiger partial charge in [-0.15, -0.1) is 0 Å². The number of esters is 2. The Morgan fingerprint density at radius 2 is 1.04 bits per heavy atom. The van der Waals surface area contributed by atoms with Crippen molar-refractivity contribution >= 4 is 22.7 Å². The van der Waals surface area contributed by atoms with E-state index in [2.05, 4.69) is 32.9 Å². The highest BCUT2D eigenvalue weighted by atomic mass is 16.5. The van der Waals surface area contributed by atoms with Crippen molar-refractivity contribution in [1.29, 1.82) is 0 Å². The minimum atomic E-state index is -0.406. The van der Waals surface area contributed by atoms with Gasteiger partial charge in [0, 0.05) is 0 Å². The molecule has 5 nitrogen and oxygen atoms in total. The Morgan fingerprint density at radius 3 is 1.63 bits per heavy atom. The van der Waals surface area contributed by atoms with Gasteiger partial charge in [-0.2, -0.15) is 0 Å². The summed E-state index contributed by atoms with van der Waals surface area (Å²) in [5.74, 6) is 0.427. The van der Waals surface area contributed by atoms with Crippen molar-refractivity contribution in [3.05, 3.63) is 96.1 Å². The summed E-state index contributed by atoms with van der Waals surface area (Å²) in [4.78, 5) is 26.1. The molecule has 4 rings (SSSR count). The van der Waals surface area contributed by atoms with E-state index in [1.54, 1.807) is 18.2 Å². The summed E-state index contributed by atoms with van der Waals surface area (Å²) in [5, 5.41) is 1.91. The lowest BCUT2D eigenvalue weighted by Crippen LogP contribution is -2.22. The Morgan fingerprint density at radius 1 is 0.537 bits per heavy atom. The largest absolute Gasteiger partial charge is 0.494 e. The summed E-state index contributed by atoms with van der Waals surface area (Å²) in [5.41, 5.74) is 3.49. The normalized spacial score (nSPS) is 11.9. The first-order chi connectivity index (χ1) is 26.4. The first kappa shape index (κ1) is 42.6. The van der Waals surface area contributed by atoms with Crippen LogP contribution in [0.25, 0.3) is 21.9 Å². The van der Waals surface area contributed by atoms with Gasteiger partial charge in [-0.25, -0.2) is 4.79 Å². The van der Waals surface area contributed by atoms with E-state index >= 15 is 0 Å². The number of ether oxygens (including phenoxy) is 3. The van der Waals surface area contributed by atoms with Crippen molar-refractivity contribution in [3.8, 4) is 22.6 Å². The third-order valence-corrected chi connectivity index (χ3v) is 10.5. The van der Waals surface area contributed by atoms with Crippen LogP contribution in [0.1, 0.15) is 165 Å². The van der Waals surface area contributed by atoms with Gasteiger partial charge in [-0.1, -0.05) is 166 Å². The lowest BCUT2D eigenvalue weighted by molar-refractivity contribution is -0.151. The van der Waals surface area contributed by atoms with Gasteiger partial charge in [0.25, 0.3) is 0 Å². The number of benzene rings is 4. The number of hydrogen-bond donors (Lipinski definition) is 0. The van der Waals surface area contributed by atoms with Crippen molar-refractivity contribution in [3.63, 3.8) is 0 Å². The van der Waals surface area contributed by atoms with E-state index in [1.807, 2.05) is 61.5 Å². The minimum absolute atomic E-state index is 0.0149. The molecule has 0 heterocycles. The maximum atomic E-state index is 13.1. The van der Waals surface area contributed by atoms with E-state index in [-0.39, 0.29) is 18.0 Å². The van der Waals surface area contributed by atoms with Crippen LogP contribution < -0.4 is 9.47 Å². The average Bonchev–Trinajstić information content (AvgIpc) is 3.20. The predicted octanol–water partition coefficient (Wildman–Crippen LogP) is 14.2. The zero-order chi connectivity index (χ0) is 38.4. The first-order valence-corrected chi connectivity index (χ1v) is 21.2. The molecule has 0 N–H and O–H groups in total. The lowest BCUT2D eigenvalue weighted by Gasteiger charge is -2.20. The second kappa shape index (κ2) is 24.3. The van der Waals surface area contributed by atoms with E-state index in [0.29, 0.717) is 11.3 Å². The summed E-state index contributed by atoms with van der Waals surface area (Å²) in [7, 11) is 0. The van der Waals surface area contributed by atoms with Crippen LogP contribution in [0.3, 0.4) is 0 Å². The third kappa shape index (κ3) is 14.6. The monoisotopic (exact) mass is 734 g/mol. The zero-order valence-corrected chi connectivity index (χ0v) is 33.7. The molecular weight excluding hydrogens is 669 g/mol. The molecule has 0 saturated carbocycles. The number of fused-ring (bicyclic) bond motifs is 1. The first-order valence-electron chi connectivity index (χ1n) is 21.2. The standard InChI is InChI=1S/C49H66O5/c1-5-8-11-12-13-14-15-16-17-18-19-20-35-52-45-32-29-40(30-33-45)39-23-25-41(26-24-39)49(51)54-47-34-31-43-36-42(27-28-44(43)37-47)38(4)48(50)53-46(21-9-6-2)22-10-7-3/h23-34,36-38,46H,5-22,35H2,1-4H3/t38-/m0/s1. The van der Waals surface area contributed by atoms with Crippen LogP contribution in [0.5, 0.6) is 11.5 Å². The molecule has 0 unspecified atom stereocenters. The Bertz CT molecular complexity index is 1650. The van der Waals surface area contributed by atoms with Crippen LogP contribution >= 0.6 is 0 Å². The molecular formula is C49H66O5. The van der Waals surface area contributed by atoms with Crippen LogP contribution in [0.2, 0.25) is 0 Å². The molecule has 0 aliphatic heterocycles. The Balaban J connectivity index is 1.20. The molecule has 4 aromatic carbocycles. The highest BCUT2D eigenvalue weighted by Gasteiger charge is 2.21. The summed E-state index contributed by atoms with van der Waals surface area (Å²) in [6.07, 6.45) is 22.2. The van der Waals surface area contributed by atoms with Crippen molar-refractivity contribution in [2.75, 3.05) is 6.61 Å². The molecule has 0 aliphatic rings.